The van der Waals surface area contributed by atoms with Crippen LogP contribution in [0, 0.1) is 0 Å². The van der Waals surface area contributed by atoms with Gasteiger partial charge in [-0.1, -0.05) is 12.1 Å². The number of carbonyl (C=O) groups excluding carboxylic acids is 2. The van der Waals surface area contributed by atoms with Gasteiger partial charge in [-0.3, -0.25) is 9.59 Å². The van der Waals surface area contributed by atoms with Gasteiger partial charge in [-0.15, -0.1) is 0 Å². The predicted molar refractivity (Wildman–Crippen MR) is 68.9 cm³/mol. The Kier molecular flexibility index (Phi) is 5.11. The summed E-state index contributed by atoms with van der Waals surface area (Å²) in [5.74, 6) is 0.873. The number of carbonyl (C=O) groups is 2. The quantitative estimate of drug-likeness (QED) is 0.572. The maximum Gasteiger partial charge on any atom is 0.163 e. The van der Waals surface area contributed by atoms with E-state index in [1.54, 1.807) is 38.5 Å². The number of ketones is 2. The Hall–Kier alpha value is -2.10. The van der Waals surface area contributed by atoms with Gasteiger partial charge in [-0.05, 0) is 30.7 Å². The van der Waals surface area contributed by atoms with Crippen LogP contribution in [0.3, 0.4) is 0 Å². The maximum atomic E-state index is 11.3. The first kappa shape index (κ1) is 14.0. The number of rotatable bonds is 6. The van der Waals surface area contributed by atoms with Crippen LogP contribution in [0.15, 0.2) is 24.3 Å². The Bertz CT molecular complexity index is 475. The van der Waals surface area contributed by atoms with Crippen LogP contribution in [-0.4, -0.2) is 25.8 Å². The molecule has 1 aromatic rings. The van der Waals surface area contributed by atoms with Crippen LogP contribution < -0.4 is 9.47 Å². The molecule has 0 unspecified atom stereocenters. The summed E-state index contributed by atoms with van der Waals surface area (Å²) >= 11 is 0. The van der Waals surface area contributed by atoms with Crippen LogP contribution >= 0.6 is 0 Å². The van der Waals surface area contributed by atoms with Crippen LogP contribution in [0.1, 0.15) is 18.9 Å². The van der Waals surface area contributed by atoms with Crippen molar-refractivity contribution in [1.82, 2.24) is 0 Å². The Morgan fingerprint density at radius 2 is 1.83 bits per heavy atom. The Balaban J connectivity index is 2.82. The van der Waals surface area contributed by atoms with E-state index in [1.807, 2.05) is 0 Å². The van der Waals surface area contributed by atoms with Gasteiger partial charge in [-0.25, -0.2) is 0 Å². The van der Waals surface area contributed by atoms with Crippen molar-refractivity contribution in [2.75, 3.05) is 14.2 Å². The third-order valence-electron chi connectivity index (χ3n) is 2.29. The van der Waals surface area contributed by atoms with Gasteiger partial charge in [0.1, 0.15) is 5.78 Å². The number of Topliss-reactive ketones (excluding diaryl/α,β-unsaturated/α-hetero) is 1. The molecular formula is C14H16O4. The minimum atomic E-state index is -0.211. The van der Waals surface area contributed by atoms with E-state index in [1.165, 1.54) is 13.0 Å². The van der Waals surface area contributed by atoms with E-state index in [9.17, 15) is 9.59 Å². The van der Waals surface area contributed by atoms with Crippen molar-refractivity contribution < 1.29 is 19.1 Å². The average molecular weight is 248 g/mol. The zero-order valence-corrected chi connectivity index (χ0v) is 10.7. The van der Waals surface area contributed by atoms with E-state index in [-0.39, 0.29) is 18.0 Å². The largest absolute Gasteiger partial charge is 0.493 e. The van der Waals surface area contributed by atoms with E-state index in [0.29, 0.717) is 11.5 Å². The second-order valence-corrected chi connectivity index (χ2v) is 3.79. The lowest BCUT2D eigenvalue weighted by molar-refractivity contribution is -0.123. The number of methoxy groups -OCH3 is 2. The van der Waals surface area contributed by atoms with Gasteiger partial charge in [-0.2, -0.15) is 0 Å². The second-order valence-electron chi connectivity index (χ2n) is 3.79. The SMILES string of the molecule is COc1ccc(C=CC(=O)CC(C)=O)cc1OC. The molecule has 4 nitrogen and oxygen atoms in total. The molecule has 1 aromatic carbocycles. The minimum Gasteiger partial charge on any atom is -0.493 e. The first-order valence-corrected chi connectivity index (χ1v) is 5.49. The zero-order chi connectivity index (χ0) is 13.5. The Labute approximate surface area is 106 Å². The third-order valence-corrected chi connectivity index (χ3v) is 2.29. The molecular weight excluding hydrogens is 232 g/mol. The Morgan fingerprint density at radius 1 is 1.17 bits per heavy atom. The number of ether oxygens (including phenoxy) is 2. The van der Waals surface area contributed by atoms with Crippen molar-refractivity contribution in [3.8, 4) is 11.5 Å². The fourth-order valence-corrected chi connectivity index (χ4v) is 1.45. The molecule has 0 amide bonds. The van der Waals surface area contributed by atoms with Crippen molar-refractivity contribution in [3.05, 3.63) is 29.8 Å². The number of benzene rings is 1. The summed E-state index contributed by atoms with van der Waals surface area (Å²) in [6, 6.07) is 5.32. The third kappa shape index (κ3) is 4.05. The van der Waals surface area contributed by atoms with E-state index >= 15 is 0 Å². The van der Waals surface area contributed by atoms with Gasteiger partial charge in [0.25, 0.3) is 0 Å². The molecule has 0 aromatic heterocycles. The lowest BCUT2D eigenvalue weighted by Gasteiger charge is -2.07. The molecule has 0 radical (unpaired) electrons. The van der Waals surface area contributed by atoms with Gasteiger partial charge >= 0.3 is 0 Å². The molecule has 0 bridgehead atoms. The molecule has 0 aliphatic carbocycles. The van der Waals surface area contributed by atoms with E-state index in [2.05, 4.69) is 0 Å². The summed E-state index contributed by atoms with van der Waals surface area (Å²) in [5.41, 5.74) is 0.810. The van der Waals surface area contributed by atoms with Gasteiger partial charge in [0, 0.05) is 0 Å². The smallest absolute Gasteiger partial charge is 0.163 e. The molecule has 96 valence electrons. The molecule has 1 rings (SSSR count). The predicted octanol–water partition coefficient (Wildman–Crippen LogP) is 2.27. The summed E-state index contributed by atoms with van der Waals surface area (Å²) < 4.78 is 10.3. The molecule has 0 fully saturated rings. The summed E-state index contributed by atoms with van der Waals surface area (Å²) in [4.78, 5) is 22.1. The average Bonchev–Trinajstić information content (AvgIpc) is 2.35. The molecule has 0 aliphatic rings. The van der Waals surface area contributed by atoms with Crippen LogP contribution in [-0.2, 0) is 9.59 Å². The minimum absolute atomic E-state index is 0.0657. The highest BCUT2D eigenvalue weighted by Gasteiger charge is 2.04. The fraction of sp³-hybridized carbons (Fsp3) is 0.286. The summed E-state index contributed by atoms with van der Waals surface area (Å²) in [7, 11) is 3.11. The van der Waals surface area contributed by atoms with Crippen LogP contribution in [0.5, 0.6) is 11.5 Å². The summed E-state index contributed by atoms with van der Waals surface area (Å²) in [6.45, 7) is 1.39. The van der Waals surface area contributed by atoms with Crippen LogP contribution in [0.2, 0.25) is 0 Å². The number of hydrogen-bond acceptors (Lipinski definition) is 4. The first-order valence-electron chi connectivity index (χ1n) is 5.49. The highest BCUT2D eigenvalue weighted by molar-refractivity contribution is 6.05. The van der Waals surface area contributed by atoms with Crippen molar-refractivity contribution in [2.45, 2.75) is 13.3 Å². The molecule has 0 heterocycles. The van der Waals surface area contributed by atoms with Crippen molar-refractivity contribution in [3.63, 3.8) is 0 Å². The molecule has 0 saturated heterocycles. The standard InChI is InChI=1S/C14H16O4/c1-10(15)8-12(16)6-4-11-5-7-13(17-2)14(9-11)18-3/h4-7,9H,8H2,1-3H3. The van der Waals surface area contributed by atoms with Gasteiger partial charge in [0.15, 0.2) is 17.3 Å². The lowest BCUT2D eigenvalue weighted by atomic mass is 10.1. The molecule has 0 spiro atoms. The Morgan fingerprint density at radius 3 is 2.39 bits per heavy atom. The van der Waals surface area contributed by atoms with Gasteiger partial charge in [0.2, 0.25) is 0 Å². The number of allylic oxidation sites excluding steroid dienone is 1. The second kappa shape index (κ2) is 6.59. The fourth-order valence-electron chi connectivity index (χ4n) is 1.45. The lowest BCUT2D eigenvalue weighted by Crippen LogP contribution is -2.00. The maximum absolute atomic E-state index is 11.3. The number of hydrogen-bond donors (Lipinski definition) is 0. The van der Waals surface area contributed by atoms with Crippen LogP contribution in [0.4, 0.5) is 0 Å². The molecule has 4 heteroatoms. The van der Waals surface area contributed by atoms with Crippen molar-refractivity contribution in [1.29, 1.82) is 0 Å². The molecule has 0 N–H and O–H groups in total. The normalized spacial score (nSPS) is 10.4. The van der Waals surface area contributed by atoms with E-state index in [4.69, 9.17) is 9.47 Å². The highest BCUT2D eigenvalue weighted by atomic mass is 16.5. The van der Waals surface area contributed by atoms with Crippen molar-refractivity contribution >= 4 is 17.6 Å². The highest BCUT2D eigenvalue weighted by Crippen LogP contribution is 2.27. The summed E-state index contributed by atoms with van der Waals surface area (Å²) in [6.07, 6.45) is 2.97. The molecule has 0 atom stereocenters. The zero-order valence-electron chi connectivity index (χ0n) is 10.7. The van der Waals surface area contributed by atoms with Gasteiger partial charge < -0.3 is 9.47 Å². The first-order chi connectivity index (χ1) is 8.56. The monoisotopic (exact) mass is 248 g/mol. The van der Waals surface area contributed by atoms with Crippen molar-refractivity contribution in [2.24, 2.45) is 0 Å². The molecule has 18 heavy (non-hydrogen) atoms. The van der Waals surface area contributed by atoms with Gasteiger partial charge in [0.05, 0.1) is 20.6 Å². The van der Waals surface area contributed by atoms with Crippen LogP contribution in [0.25, 0.3) is 6.08 Å². The summed E-state index contributed by atoms with van der Waals surface area (Å²) in [5, 5.41) is 0. The topological polar surface area (TPSA) is 52.6 Å². The van der Waals surface area contributed by atoms with E-state index < -0.39 is 0 Å². The molecule has 0 aliphatic heterocycles. The van der Waals surface area contributed by atoms with E-state index in [0.717, 1.165) is 5.56 Å². The molecule has 0 saturated carbocycles.